The normalized spacial score (nSPS) is 21.6. The molecular formula is C12H16ClNO. The summed E-state index contributed by atoms with van der Waals surface area (Å²) in [6.07, 6.45) is 3.51. The number of benzene rings is 1. The lowest BCUT2D eigenvalue weighted by atomic mass is 9.95. The third-order valence-electron chi connectivity index (χ3n) is 2.98. The fourth-order valence-electron chi connectivity index (χ4n) is 2.14. The van der Waals surface area contributed by atoms with Crippen LogP contribution in [0, 0.1) is 6.92 Å². The van der Waals surface area contributed by atoms with Gasteiger partial charge in [0.05, 0.1) is 0 Å². The standard InChI is InChI=1S/C12H16ClNO/c1-8-6-9(13)7-10(12(8)15)11-4-2-3-5-14-11/h6-7,11,14-15H,2-5H2,1H3/t11-/m1/s1. The Morgan fingerprint density at radius 1 is 1.40 bits per heavy atom. The number of aromatic hydroxyl groups is 1. The third-order valence-corrected chi connectivity index (χ3v) is 3.20. The van der Waals surface area contributed by atoms with Crippen molar-refractivity contribution in [3.05, 3.63) is 28.3 Å². The third kappa shape index (κ3) is 2.27. The largest absolute Gasteiger partial charge is 0.507 e. The maximum Gasteiger partial charge on any atom is 0.123 e. The molecule has 0 amide bonds. The van der Waals surface area contributed by atoms with Crippen LogP contribution in [-0.4, -0.2) is 11.7 Å². The van der Waals surface area contributed by atoms with E-state index in [1.165, 1.54) is 12.8 Å². The molecule has 0 bridgehead atoms. The van der Waals surface area contributed by atoms with Crippen molar-refractivity contribution < 1.29 is 5.11 Å². The van der Waals surface area contributed by atoms with Crippen molar-refractivity contribution in [2.24, 2.45) is 0 Å². The van der Waals surface area contributed by atoms with Crippen LogP contribution in [0.4, 0.5) is 0 Å². The lowest BCUT2D eigenvalue weighted by molar-refractivity contribution is 0.390. The number of phenolic OH excluding ortho intramolecular Hbond substituents is 1. The SMILES string of the molecule is Cc1cc(Cl)cc([C@H]2CCCCN2)c1O. The molecule has 0 unspecified atom stereocenters. The Morgan fingerprint density at radius 2 is 2.20 bits per heavy atom. The van der Waals surface area contributed by atoms with E-state index in [2.05, 4.69) is 5.32 Å². The molecular weight excluding hydrogens is 210 g/mol. The number of nitrogens with one attached hydrogen (secondary N) is 1. The second-order valence-electron chi connectivity index (χ2n) is 4.16. The van der Waals surface area contributed by atoms with Gasteiger partial charge in [-0.2, -0.15) is 0 Å². The maximum absolute atomic E-state index is 9.98. The van der Waals surface area contributed by atoms with Crippen molar-refractivity contribution in [1.82, 2.24) is 5.32 Å². The zero-order valence-electron chi connectivity index (χ0n) is 8.89. The van der Waals surface area contributed by atoms with E-state index in [4.69, 9.17) is 11.6 Å². The van der Waals surface area contributed by atoms with Gasteiger partial charge in [0.1, 0.15) is 5.75 Å². The molecule has 1 aliphatic heterocycles. The van der Waals surface area contributed by atoms with Crippen molar-refractivity contribution in [3.63, 3.8) is 0 Å². The van der Waals surface area contributed by atoms with Crippen LogP contribution in [0.1, 0.15) is 36.4 Å². The van der Waals surface area contributed by atoms with Crippen molar-refractivity contribution in [2.45, 2.75) is 32.2 Å². The Kier molecular flexibility index (Phi) is 3.17. The fourth-order valence-corrected chi connectivity index (χ4v) is 2.43. The van der Waals surface area contributed by atoms with Crippen LogP contribution in [0.15, 0.2) is 12.1 Å². The highest BCUT2D eigenvalue weighted by Crippen LogP contribution is 2.34. The number of halogens is 1. The monoisotopic (exact) mass is 225 g/mol. The van der Waals surface area contributed by atoms with Crippen LogP contribution in [0.2, 0.25) is 5.02 Å². The molecule has 0 aliphatic carbocycles. The summed E-state index contributed by atoms with van der Waals surface area (Å²) in [4.78, 5) is 0. The van der Waals surface area contributed by atoms with Crippen LogP contribution in [0.3, 0.4) is 0 Å². The highest BCUT2D eigenvalue weighted by molar-refractivity contribution is 6.30. The number of piperidine rings is 1. The van der Waals surface area contributed by atoms with Gasteiger partial charge in [-0.3, -0.25) is 0 Å². The molecule has 2 N–H and O–H groups in total. The van der Waals surface area contributed by atoms with Crippen molar-refractivity contribution in [2.75, 3.05) is 6.54 Å². The second kappa shape index (κ2) is 4.42. The number of rotatable bonds is 1. The molecule has 1 fully saturated rings. The molecule has 2 rings (SSSR count). The Hall–Kier alpha value is -0.730. The summed E-state index contributed by atoms with van der Waals surface area (Å²) in [6, 6.07) is 3.92. The molecule has 1 saturated heterocycles. The van der Waals surface area contributed by atoms with E-state index < -0.39 is 0 Å². The smallest absolute Gasteiger partial charge is 0.123 e. The van der Waals surface area contributed by atoms with Gasteiger partial charge in [0.15, 0.2) is 0 Å². The molecule has 1 heterocycles. The van der Waals surface area contributed by atoms with E-state index in [9.17, 15) is 5.11 Å². The molecule has 82 valence electrons. The molecule has 1 aliphatic rings. The average Bonchev–Trinajstić information content (AvgIpc) is 2.24. The summed E-state index contributed by atoms with van der Waals surface area (Å²) >= 11 is 6.00. The molecule has 0 aromatic heterocycles. The quantitative estimate of drug-likeness (QED) is 0.770. The molecule has 0 radical (unpaired) electrons. The minimum Gasteiger partial charge on any atom is -0.507 e. The molecule has 1 atom stereocenters. The molecule has 1 aromatic carbocycles. The van der Waals surface area contributed by atoms with Gasteiger partial charge in [0, 0.05) is 16.6 Å². The lowest BCUT2D eigenvalue weighted by Gasteiger charge is -2.25. The van der Waals surface area contributed by atoms with Crippen LogP contribution in [-0.2, 0) is 0 Å². The van der Waals surface area contributed by atoms with Gasteiger partial charge < -0.3 is 10.4 Å². The van der Waals surface area contributed by atoms with Crippen LogP contribution in [0.25, 0.3) is 0 Å². The number of aryl methyl sites for hydroxylation is 1. The fraction of sp³-hybridized carbons (Fsp3) is 0.500. The van der Waals surface area contributed by atoms with E-state index >= 15 is 0 Å². The topological polar surface area (TPSA) is 32.3 Å². The lowest BCUT2D eigenvalue weighted by Crippen LogP contribution is -2.26. The average molecular weight is 226 g/mol. The summed E-state index contributed by atoms with van der Waals surface area (Å²) in [5.74, 6) is 0.388. The van der Waals surface area contributed by atoms with Gasteiger partial charge in [-0.05, 0) is 44.0 Å². The Morgan fingerprint density at radius 3 is 2.87 bits per heavy atom. The van der Waals surface area contributed by atoms with E-state index in [1.807, 2.05) is 13.0 Å². The highest BCUT2D eigenvalue weighted by atomic mass is 35.5. The van der Waals surface area contributed by atoms with Crippen LogP contribution < -0.4 is 5.32 Å². The summed E-state index contributed by atoms with van der Waals surface area (Å²) < 4.78 is 0. The van der Waals surface area contributed by atoms with Gasteiger partial charge in [-0.1, -0.05) is 18.0 Å². The summed E-state index contributed by atoms with van der Waals surface area (Å²) in [7, 11) is 0. The highest BCUT2D eigenvalue weighted by Gasteiger charge is 2.19. The van der Waals surface area contributed by atoms with Crippen LogP contribution >= 0.6 is 11.6 Å². The van der Waals surface area contributed by atoms with E-state index in [1.54, 1.807) is 6.07 Å². The van der Waals surface area contributed by atoms with E-state index in [-0.39, 0.29) is 6.04 Å². The van der Waals surface area contributed by atoms with Gasteiger partial charge in [-0.15, -0.1) is 0 Å². The summed E-state index contributed by atoms with van der Waals surface area (Å²) in [5.41, 5.74) is 1.80. The van der Waals surface area contributed by atoms with Gasteiger partial charge in [0.25, 0.3) is 0 Å². The summed E-state index contributed by atoms with van der Waals surface area (Å²) in [5, 5.41) is 14.1. The van der Waals surface area contributed by atoms with E-state index in [0.29, 0.717) is 10.8 Å². The zero-order valence-corrected chi connectivity index (χ0v) is 9.64. The Balaban J connectivity index is 2.33. The molecule has 0 spiro atoms. The molecule has 2 nitrogen and oxygen atoms in total. The minimum absolute atomic E-state index is 0.260. The second-order valence-corrected chi connectivity index (χ2v) is 4.60. The first-order chi connectivity index (χ1) is 7.18. The first-order valence-corrected chi connectivity index (χ1v) is 5.78. The Labute approximate surface area is 95.3 Å². The minimum atomic E-state index is 0.260. The number of hydrogen-bond acceptors (Lipinski definition) is 2. The molecule has 3 heteroatoms. The number of phenols is 1. The van der Waals surface area contributed by atoms with Crippen molar-refractivity contribution >= 4 is 11.6 Å². The van der Waals surface area contributed by atoms with Gasteiger partial charge in [-0.25, -0.2) is 0 Å². The van der Waals surface area contributed by atoms with E-state index in [0.717, 1.165) is 24.1 Å². The van der Waals surface area contributed by atoms with Crippen molar-refractivity contribution in [1.29, 1.82) is 0 Å². The first kappa shape index (κ1) is 10.8. The van der Waals surface area contributed by atoms with Crippen LogP contribution in [0.5, 0.6) is 5.75 Å². The molecule has 0 saturated carbocycles. The van der Waals surface area contributed by atoms with Gasteiger partial charge >= 0.3 is 0 Å². The Bertz CT molecular complexity index is 359. The van der Waals surface area contributed by atoms with Gasteiger partial charge in [0.2, 0.25) is 0 Å². The number of hydrogen-bond donors (Lipinski definition) is 2. The predicted molar refractivity (Wildman–Crippen MR) is 62.4 cm³/mol. The summed E-state index contributed by atoms with van der Waals surface area (Å²) in [6.45, 7) is 2.91. The first-order valence-electron chi connectivity index (χ1n) is 5.41. The van der Waals surface area contributed by atoms with Crippen molar-refractivity contribution in [3.8, 4) is 5.75 Å². The molecule has 1 aromatic rings. The zero-order chi connectivity index (χ0) is 10.8. The molecule has 15 heavy (non-hydrogen) atoms. The predicted octanol–water partition coefficient (Wildman–Crippen LogP) is 3.17. The maximum atomic E-state index is 9.98.